The lowest BCUT2D eigenvalue weighted by Crippen LogP contribution is -2.32. The van der Waals surface area contributed by atoms with E-state index in [0.29, 0.717) is 13.1 Å². The van der Waals surface area contributed by atoms with E-state index in [2.05, 4.69) is 10.1 Å². The molecule has 0 saturated heterocycles. The van der Waals surface area contributed by atoms with Gasteiger partial charge < -0.3 is 9.63 Å². The van der Waals surface area contributed by atoms with Gasteiger partial charge in [0.05, 0.1) is 13.0 Å². The molecule has 0 amide bonds. The summed E-state index contributed by atoms with van der Waals surface area (Å²) >= 11 is 0. The lowest BCUT2D eigenvalue weighted by molar-refractivity contribution is -0.137. The minimum absolute atomic E-state index is 0.123. The molecule has 0 aliphatic heterocycles. The first-order valence-electron chi connectivity index (χ1n) is 7.03. The molecular weight excluding hydrogens is 268 g/mol. The third kappa shape index (κ3) is 4.43. The highest BCUT2D eigenvalue weighted by Gasteiger charge is 2.15. The van der Waals surface area contributed by atoms with E-state index in [1.54, 1.807) is 0 Å². The monoisotopic (exact) mass is 288 g/mol. The number of carbonyl (C=O) groups is 1. The molecule has 0 radical (unpaired) electrons. The van der Waals surface area contributed by atoms with E-state index in [0.717, 1.165) is 17.0 Å². The molecule has 1 N–H and O–H groups in total. The van der Waals surface area contributed by atoms with Gasteiger partial charge >= 0.3 is 5.97 Å². The van der Waals surface area contributed by atoms with Crippen molar-refractivity contribution in [1.29, 1.82) is 0 Å². The molecule has 1 aromatic carbocycles. The second kappa shape index (κ2) is 7.04. The van der Waals surface area contributed by atoms with Gasteiger partial charge in [-0.3, -0.25) is 9.69 Å². The summed E-state index contributed by atoms with van der Waals surface area (Å²) in [5, 5.41) is 12.9. The Hall–Kier alpha value is -2.14. The molecule has 0 unspecified atom stereocenters. The number of hydrogen-bond acceptors (Lipinski definition) is 4. The fraction of sp³-hybridized carbons (Fsp3) is 0.375. The zero-order valence-corrected chi connectivity index (χ0v) is 12.3. The Labute approximate surface area is 124 Å². The Balaban J connectivity index is 2.04. The number of nitrogens with zero attached hydrogens (tertiary/aromatic N) is 2. The molecule has 2 aromatic rings. The molecule has 0 aliphatic carbocycles. The SMILES string of the molecule is CC(C)N(CCC(=O)O)Cc1cc(-c2ccccc2)no1. The van der Waals surface area contributed by atoms with Crippen LogP contribution in [0.25, 0.3) is 11.3 Å². The van der Waals surface area contributed by atoms with E-state index in [1.165, 1.54) is 0 Å². The average molecular weight is 288 g/mol. The fourth-order valence-corrected chi connectivity index (χ4v) is 2.09. The van der Waals surface area contributed by atoms with E-state index in [1.807, 2.05) is 50.2 Å². The minimum Gasteiger partial charge on any atom is -0.481 e. The maximum absolute atomic E-state index is 10.7. The summed E-state index contributed by atoms with van der Waals surface area (Å²) < 4.78 is 5.37. The maximum atomic E-state index is 10.7. The number of rotatable bonds is 7. The number of aliphatic carboxylic acids is 1. The summed E-state index contributed by atoms with van der Waals surface area (Å²) in [6.07, 6.45) is 0.123. The molecule has 5 nitrogen and oxygen atoms in total. The second-order valence-electron chi connectivity index (χ2n) is 5.25. The molecule has 0 atom stereocenters. The van der Waals surface area contributed by atoms with Gasteiger partial charge in [-0.05, 0) is 13.8 Å². The molecule has 0 saturated carbocycles. The van der Waals surface area contributed by atoms with E-state index >= 15 is 0 Å². The van der Waals surface area contributed by atoms with Crippen LogP contribution in [-0.4, -0.2) is 33.7 Å². The van der Waals surface area contributed by atoms with E-state index in [4.69, 9.17) is 9.63 Å². The van der Waals surface area contributed by atoms with Crippen molar-refractivity contribution < 1.29 is 14.4 Å². The Morgan fingerprint density at radius 2 is 2.05 bits per heavy atom. The van der Waals surface area contributed by atoms with Crippen LogP contribution in [0.3, 0.4) is 0 Å². The van der Waals surface area contributed by atoms with E-state index in [9.17, 15) is 4.79 Å². The second-order valence-corrected chi connectivity index (χ2v) is 5.25. The maximum Gasteiger partial charge on any atom is 0.304 e. The van der Waals surface area contributed by atoms with Gasteiger partial charge in [0.1, 0.15) is 5.69 Å². The van der Waals surface area contributed by atoms with Crippen molar-refractivity contribution in [2.75, 3.05) is 6.54 Å². The highest BCUT2D eigenvalue weighted by atomic mass is 16.5. The van der Waals surface area contributed by atoms with Gasteiger partial charge in [0, 0.05) is 24.2 Å². The van der Waals surface area contributed by atoms with Crippen LogP contribution in [0.5, 0.6) is 0 Å². The van der Waals surface area contributed by atoms with Gasteiger partial charge in [0.15, 0.2) is 5.76 Å². The average Bonchev–Trinajstić information content (AvgIpc) is 2.92. The Morgan fingerprint density at radius 1 is 1.33 bits per heavy atom. The van der Waals surface area contributed by atoms with Crippen molar-refractivity contribution in [3.05, 3.63) is 42.2 Å². The predicted octanol–water partition coefficient (Wildman–Crippen LogP) is 3.03. The number of benzene rings is 1. The van der Waals surface area contributed by atoms with Gasteiger partial charge in [0.2, 0.25) is 0 Å². The summed E-state index contributed by atoms with van der Waals surface area (Å²) in [5.74, 6) is -0.0452. The predicted molar refractivity (Wildman–Crippen MR) is 79.7 cm³/mol. The smallest absolute Gasteiger partial charge is 0.304 e. The van der Waals surface area contributed by atoms with Gasteiger partial charge in [-0.2, -0.15) is 0 Å². The highest BCUT2D eigenvalue weighted by Crippen LogP contribution is 2.20. The summed E-state index contributed by atoms with van der Waals surface area (Å²) in [4.78, 5) is 12.8. The number of aromatic nitrogens is 1. The van der Waals surface area contributed by atoms with Crippen molar-refractivity contribution in [1.82, 2.24) is 10.1 Å². The van der Waals surface area contributed by atoms with Gasteiger partial charge in [0.25, 0.3) is 0 Å². The van der Waals surface area contributed by atoms with Crippen LogP contribution in [0.4, 0.5) is 0 Å². The molecule has 112 valence electrons. The van der Waals surface area contributed by atoms with Crippen molar-refractivity contribution in [2.45, 2.75) is 32.9 Å². The molecule has 1 aromatic heterocycles. The molecule has 5 heteroatoms. The van der Waals surface area contributed by atoms with Gasteiger partial charge in [-0.1, -0.05) is 35.5 Å². The van der Waals surface area contributed by atoms with Crippen LogP contribution in [0, 0.1) is 0 Å². The van der Waals surface area contributed by atoms with Crippen LogP contribution in [0.15, 0.2) is 40.9 Å². The lowest BCUT2D eigenvalue weighted by atomic mass is 10.1. The van der Waals surface area contributed by atoms with Gasteiger partial charge in [-0.25, -0.2) is 0 Å². The summed E-state index contributed by atoms with van der Waals surface area (Å²) in [5.41, 5.74) is 1.81. The van der Waals surface area contributed by atoms with Crippen LogP contribution in [0.2, 0.25) is 0 Å². The number of carboxylic acid groups (broad SMARTS) is 1. The fourth-order valence-electron chi connectivity index (χ4n) is 2.09. The minimum atomic E-state index is -0.789. The molecule has 0 bridgehead atoms. The van der Waals surface area contributed by atoms with Crippen LogP contribution in [0.1, 0.15) is 26.0 Å². The van der Waals surface area contributed by atoms with Gasteiger partial charge in [-0.15, -0.1) is 0 Å². The van der Waals surface area contributed by atoms with Crippen molar-refractivity contribution in [2.24, 2.45) is 0 Å². The zero-order valence-electron chi connectivity index (χ0n) is 12.3. The zero-order chi connectivity index (χ0) is 15.2. The van der Waals surface area contributed by atoms with Crippen LogP contribution < -0.4 is 0 Å². The Morgan fingerprint density at radius 3 is 2.67 bits per heavy atom. The van der Waals surface area contributed by atoms with Crippen molar-refractivity contribution in [3.63, 3.8) is 0 Å². The molecule has 2 rings (SSSR count). The van der Waals surface area contributed by atoms with E-state index in [-0.39, 0.29) is 12.5 Å². The summed E-state index contributed by atoms with van der Waals surface area (Å²) in [6, 6.07) is 12.0. The van der Waals surface area contributed by atoms with Crippen molar-refractivity contribution >= 4 is 5.97 Å². The molecule has 0 spiro atoms. The molecular formula is C16H20N2O3. The lowest BCUT2D eigenvalue weighted by Gasteiger charge is -2.24. The first kappa shape index (κ1) is 15.3. The highest BCUT2D eigenvalue weighted by molar-refractivity contribution is 5.66. The normalized spacial score (nSPS) is 11.2. The topological polar surface area (TPSA) is 66.6 Å². The molecule has 0 fully saturated rings. The number of hydrogen-bond donors (Lipinski definition) is 1. The van der Waals surface area contributed by atoms with Crippen molar-refractivity contribution in [3.8, 4) is 11.3 Å². The van der Waals surface area contributed by atoms with Crippen LogP contribution in [-0.2, 0) is 11.3 Å². The largest absolute Gasteiger partial charge is 0.481 e. The summed E-state index contributed by atoms with van der Waals surface area (Å²) in [6.45, 7) is 5.13. The molecule has 1 heterocycles. The quantitative estimate of drug-likeness (QED) is 0.848. The molecule has 0 aliphatic rings. The van der Waals surface area contributed by atoms with E-state index < -0.39 is 5.97 Å². The van der Waals surface area contributed by atoms with Crippen LogP contribution >= 0.6 is 0 Å². The molecule has 21 heavy (non-hydrogen) atoms. The Bertz CT molecular complexity index is 578. The third-order valence-electron chi connectivity index (χ3n) is 3.33. The number of carboxylic acids is 1. The summed E-state index contributed by atoms with van der Waals surface area (Å²) in [7, 11) is 0. The first-order valence-corrected chi connectivity index (χ1v) is 7.03. The third-order valence-corrected chi connectivity index (χ3v) is 3.33. The first-order chi connectivity index (χ1) is 10.1. The Kier molecular flexibility index (Phi) is 5.11. The standard InChI is InChI=1S/C16H20N2O3/c1-12(2)18(9-8-16(19)20)11-14-10-15(17-21-14)13-6-4-3-5-7-13/h3-7,10,12H,8-9,11H2,1-2H3,(H,19,20).